The van der Waals surface area contributed by atoms with Gasteiger partial charge < -0.3 is 20.8 Å². The molecule has 6 rings (SSSR count). The number of rotatable bonds is 7. The summed E-state index contributed by atoms with van der Waals surface area (Å²) in [6, 6.07) is 4.02. The van der Waals surface area contributed by atoms with E-state index in [0.717, 1.165) is 25.7 Å². The largest absolute Gasteiger partial charge is 0.396 e. The number of benzene rings is 1. The third-order valence-electron chi connectivity index (χ3n) is 11.4. The fourth-order valence-electron chi connectivity index (χ4n) is 9.38. The van der Waals surface area contributed by atoms with E-state index in [9.17, 15) is 19.8 Å². The monoisotopic (exact) mass is 646 g/mol. The number of halogens is 3. The molecule has 2 heterocycles. The Morgan fingerprint density at radius 1 is 1.18 bits per heavy atom. The molecule has 3 atom stereocenters. The minimum atomic E-state index is -1.42. The zero-order valence-corrected chi connectivity index (χ0v) is 26.7. The number of aliphatic imine (C=N–C) groups is 1. The number of nitrogens with one attached hydrogen (secondary N) is 3. The maximum absolute atomic E-state index is 16.7. The van der Waals surface area contributed by atoms with Gasteiger partial charge in [-0.05, 0) is 86.0 Å². The summed E-state index contributed by atoms with van der Waals surface area (Å²) in [7, 11) is 0. The number of fused-ring (bicyclic) bond motifs is 3. The van der Waals surface area contributed by atoms with Crippen molar-refractivity contribution in [2.24, 2.45) is 27.2 Å². The second-order valence-corrected chi connectivity index (χ2v) is 15.7. The summed E-state index contributed by atoms with van der Waals surface area (Å²) < 4.78 is 16.7. The van der Waals surface area contributed by atoms with Crippen LogP contribution in [0.1, 0.15) is 70.8 Å². The third-order valence-corrected chi connectivity index (χ3v) is 11.7. The van der Waals surface area contributed by atoms with Crippen LogP contribution >= 0.6 is 23.2 Å². The fourth-order valence-corrected chi connectivity index (χ4v) is 9.61. The number of aliphatic hydroxyl groups excluding tert-OH is 2. The standard InChI is InChI=1S/C33H41Cl2FN4O4/c1-19(34)37-11-6-23(36)25-26(27(43)38-21-13-30(14-21)15-31(16-30,17-41)18-42)40-32(9-7-29(2,3)8-10-32)33(25)22-5-4-20(35)12-24(22)39-28(33)44/h4-6,11-12,21,25-26,40-42H,1,7-10,13-18H2,2-3H3,(H,38,43)(H,39,44)/b23-6-,37-11-/t25-,26+,33+/m0/s1. The number of amides is 2. The van der Waals surface area contributed by atoms with E-state index in [1.165, 1.54) is 12.3 Å². The lowest BCUT2D eigenvalue weighted by atomic mass is 9.44. The zero-order chi connectivity index (χ0) is 31.7. The first-order chi connectivity index (χ1) is 20.7. The van der Waals surface area contributed by atoms with Gasteiger partial charge in [0, 0.05) is 33.9 Å². The van der Waals surface area contributed by atoms with E-state index in [2.05, 4.69) is 41.4 Å². The number of aliphatic hydroxyl groups is 2. The van der Waals surface area contributed by atoms with Crippen molar-refractivity contribution in [2.75, 3.05) is 18.5 Å². The molecule has 2 aliphatic heterocycles. The average molecular weight is 648 g/mol. The minimum absolute atomic E-state index is 0.00156. The van der Waals surface area contributed by atoms with Crippen molar-refractivity contribution in [1.29, 1.82) is 0 Å². The van der Waals surface area contributed by atoms with Crippen molar-refractivity contribution in [3.05, 3.63) is 52.4 Å². The molecule has 1 aromatic rings. The first kappa shape index (κ1) is 31.7. The van der Waals surface area contributed by atoms with Crippen molar-refractivity contribution >= 4 is 46.9 Å². The van der Waals surface area contributed by atoms with Gasteiger partial charge in [-0.3, -0.25) is 14.9 Å². The Morgan fingerprint density at radius 3 is 2.45 bits per heavy atom. The minimum Gasteiger partial charge on any atom is -0.396 e. The maximum atomic E-state index is 16.7. The van der Waals surface area contributed by atoms with Crippen LogP contribution in [0.2, 0.25) is 5.02 Å². The predicted octanol–water partition coefficient (Wildman–Crippen LogP) is 5.12. The van der Waals surface area contributed by atoms with E-state index in [0.29, 0.717) is 42.0 Å². The summed E-state index contributed by atoms with van der Waals surface area (Å²) in [5.41, 5.74) is -1.58. The quantitative estimate of drug-likeness (QED) is 0.208. The maximum Gasteiger partial charge on any atom is 0.238 e. The van der Waals surface area contributed by atoms with Gasteiger partial charge >= 0.3 is 0 Å². The molecule has 3 aliphatic carbocycles. The van der Waals surface area contributed by atoms with Crippen LogP contribution in [0.4, 0.5) is 10.1 Å². The van der Waals surface area contributed by atoms with Crippen LogP contribution in [0.15, 0.2) is 46.8 Å². The van der Waals surface area contributed by atoms with Crippen LogP contribution in [0.3, 0.4) is 0 Å². The predicted molar refractivity (Wildman–Crippen MR) is 169 cm³/mol. The second kappa shape index (κ2) is 10.9. The number of carbonyl (C=O) groups is 2. The van der Waals surface area contributed by atoms with Crippen molar-refractivity contribution in [1.82, 2.24) is 10.6 Å². The Morgan fingerprint density at radius 2 is 1.84 bits per heavy atom. The summed E-state index contributed by atoms with van der Waals surface area (Å²) in [5.74, 6) is -2.54. The summed E-state index contributed by atoms with van der Waals surface area (Å²) >= 11 is 12.1. The van der Waals surface area contributed by atoms with Gasteiger partial charge in [0.05, 0.1) is 25.2 Å². The Bertz CT molecular complexity index is 1430. The topological polar surface area (TPSA) is 123 Å². The number of nitrogens with zero attached hydrogens (tertiary/aromatic N) is 1. The smallest absolute Gasteiger partial charge is 0.238 e. The highest BCUT2D eigenvalue weighted by Gasteiger charge is 2.73. The van der Waals surface area contributed by atoms with Gasteiger partial charge in [0.2, 0.25) is 11.8 Å². The Labute approximate surface area is 267 Å². The third kappa shape index (κ3) is 4.85. The normalized spacial score (nSPS) is 31.2. The van der Waals surface area contributed by atoms with Gasteiger partial charge in [-0.25, -0.2) is 9.38 Å². The molecule has 0 unspecified atom stereocenters. The Balaban J connectivity index is 1.38. The number of carbonyl (C=O) groups excluding carboxylic acids is 2. The number of hydrogen-bond acceptors (Lipinski definition) is 6. The van der Waals surface area contributed by atoms with Gasteiger partial charge in [0.15, 0.2) is 0 Å². The summed E-state index contributed by atoms with van der Waals surface area (Å²) in [6.45, 7) is 7.79. The Kier molecular flexibility index (Phi) is 7.85. The van der Waals surface area contributed by atoms with Crippen molar-refractivity contribution in [3.8, 4) is 0 Å². The molecule has 0 radical (unpaired) electrons. The molecule has 3 saturated carbocycles. The molecular formula is C33H41Cl2FN4O4. The molecule has 11 heteroatoms. The molecule has 0 bridgehead atoms. The first-order valence-corrected chi connectivity index (χ1v) is 16.1. The van der Waals surface area contributed by atoms with Gasteiger partial charge in [0.1, 0.15) is 16.4 Å². The van der Waals surface area contributed by atoms with E-state index in [-0.39, 0.29) is 47.1 Å². The van der Waals surface area contributed by atoms with Crippen molar-refractivity contribution in [3.63, 3.8) is 0 Å². The molecule has 2 amide bonds. The number of anilines is 1. The lowest BCUT2D eigenvalue weighted by molar-refractivity contribution is -0.157. The van der Waals surface area contributed by atoms with Crippen LogP contribution in [0.5, 0.6) is 0 Å². The van der Waals surface area contributed by atoms with Crippen LogP contribution in [0, 0.1) is 22.2 Å². The van der Waals surface area contributed by atoms with Gasteiger partial charge in [-0.15, -0.1) is 0 Å². The molecule has 5 N–H and O–H groups in total. The average Bonchev–Trinajstić information content (AvgIpc) is 3.38. The fraction of sp³-hybridized carbons (Fsp3) is 0.606. The second-order valence-electron chi connectivity index (χ2n) is 14.8. The highest BCUT2D eigenvalue weighted by molar-refractivity contribution is 6.31. The van der Waals surface area contributed by atoms with E-state index >= 15 is 4.39 Å². The van der Waals surface area contributed by atoms with Crippen LogP contribution in [-0.2, 0) is 15.0 Å². The highest BCUT2D eigenvalue weighted by Crippen LogP contribution is 2.65. The zero-order valence-electron chi connectivity index (χ0n) is 25.2. The molecule has 1 saturated heterocycles. The van der Waals surface area contributed by atoms with E-state index in [4.69, 9.17) is 23.2 Å². The molecule has 8 nitrogen and oxygen atoms in total. The first-order valence-electron chi connectivity index (χ1n) is 15.4. The van der Waals surface area contributed by atoms with Crippen molar-refractivity contribution < 1.29 is 24.2 Å². The lowest BCUT2D eigenvalue weighted by Gasteiger charge is -2.62. The highest BCUT2D eigenvalue weighted by atomic mass is 35.5. The summed E-state index contributed by atoms with van der Waals surface area (Å²) in [5, 5.41) is 29.6. The molecule has 1 aromatic carbocycles. The lowest BCUT2D eigenvalue weighted by Crippen LogP contribution is -2.63. The van der Waals surface area contributed by atoms with E-state index in [1.807, 2.05) is 0 Å². The summed E-state index contributed by atoms with van der Waals surface area (Å²) in [4.78, 5) is 32.5. The van der Waals surface area contributed by atoms with Gasteiger partial charge in [0.25, 0.3) is 0 Å². The molecular weight excluding hydrogens is 606 g/mol. The van der Waals surface area contributed by atoms with Gasteiger partial charge in [-0.2, -0.15) is 0 Å². The molecule has 238 valence electrons. The SMILES string of the molecule is C=C(Cl)/N=C\C=C(/F)[C@H]1[C@H](C(=O)NC2CC3(C2)CC(CO)(CO)C3)NC2(CCC(C)(C)CC2)[C@@]12C(=O)Nc1cc(Cl)ccc12. The molecule has 3 spiro atoms. The number of allylic oxidation sites excluding steroid dienone is 1. The van der Waals surface area contributed by atoms with E-state index < -0.39 is 34.2 Å². The summed E-state index contributed by atoms with van der Waals surface area (Å²) in [6.07, 6.45) is 8.01. The molecule has 5 aliphatic rings. The van der Waals surface area contributed by atoms with Crippen LogP contribution in [-0.4, -0.2) is 59.1 Å². The molecule has 44 heavy (non-hydrogen) atoms. The number of hydrogen-bond donors (Lipinski definition) is 5. The Hall–Kier alpha value is -2.30. The van der Waals surface area contributed by atoms with Gasteiger partial charge in [-0.1, -0.05) is 49.7 Å². The van der Waals surface area contributed by atoms with Crippen molar-refractivity contribution in [2.45, 2.75) is 88.3 Å². The van der Waals surface area contributed by atoms with Crippen LogP contribution in [0.25, 0.3) is 0 Å². The molecule has 0 aromatic heterocycles. The van der Waals surface area contributed by atoms with Crippen LogP contribution < -0.4 is 16.0 Å². The van der Waals surface area contributed by atoms with E-state index in [1.54, 1.807) is 18.2 Å². The molecule has 4 fully saturated rings.